The van der Waals surface area contributed by atoms with Crippen LogP contribution in [-0.4, -0.2) is 55.7 Å². The number of hydrogen-bond acceptors (Lipinski definition) is 4. The van der Waals surface area contributed by atoms with E-state index in [9.17, 15) is 4.79 Å². The van der Waals surface area contributed by atoms with E-state index < -0.39 is 5.54 Å². The molecule has 2 saturated heterocycles. The first-order chi connectivity index (χ1) is 8.74. The van der Waals surface area contributed by atoms with Crippen LogP contribution in [0.3, 0.4) is 0 Å². The number of ether oxygens (including phenoxy) is 2. The molecule has 2 rings (SSSR count). The van der Waals surface area contributed by atoms with Crippen LogP contribution in [-0.2, 0) is 14.3 Å². The molecular weight excluding hydrogens is 230 g/mol. The van der Waals surface area contributed by atoms with Gasteiger partial charge in [-0.15, -0.1) is 0 Å². The van der Waals surface area contributed by atoms with E-state index in [0.29, 0.717) is 6.61 Å². The first-order valence-electron chi connectivity index (χ1n) is 7.15. The van der Waals surface area contributed by atoms with Gasteiger partial charge in [0.1, 0.15) is 6.29 Å². The largest absolute Gasteiger partial charge is 0.381 e. The topological polar surface area (TPSA) is 38.8 Å². The molecule has 2 fully saturated rings. The Morgan fingerprint density at radius 2 is 1.94 bits per heavy atom. The molecule has 0 aromatic heterocycles. The van der Waals surface area contributed by atoms with Gasteiger partial charge in [0.25, 0.3) is 0 Å². The van der Waals surface area contributed by atoms with Gasteiger partial charge in [0, 0.05) is 13.2 Å². The van der Waals surface area contributed by atoms with Crippen molar-refractivity contribution < 1.29 is 14.3 Å². The van der Waals surface area contributed by atoms with Crippen LogP contribution in [0.5, 0.6) is 0 Å². The first-order valence-corrected chi connectivity index (χ1v) is 7.15. The lowest BCUT2D eigenvalue weighted by Crippen LogP contribution is -2.53. The van der Waals surface area contributed by atoms with Crippen LogP contribution in [0.2, 0.25) is 0 Å². The molecular formula is C14H25NO3. The lowest BCUT2D eigenvalue weighted by Gasteiger charge is -2.40. The highest BCUT2D eigenvalue weighted by Crippen LogP contribution is 2.21. The van der Waals surface area contributed by atoms with Crippen LogP contribution in [0.25, 0.3) is 0 Å². The maximum atomic E-state index is 11.5. The number of carbonyl (C=O) groups excluding carboxylic acids is 1. The van der Waals surface area contributed by atoms with Gasteiger partial charge in [0.05, 0.1) is 18.2 Å². The SMILES string of the molecule is CC(C=O)(COC1CCOCC1)N1CCCCC1. The second kappa shape index (κ2) is 6.64. The summed E-state index contributed by atoms with van der Waals surface area (Å²) in [7, 11) is 0. The van der Waals surface area contributed by atoms with Crippen molar-refractivity contribution >= 4 is 6.29 Å². The predicted molar refractivity (Wildman–Crippen MR) is 69.7 cm³/mol. The fourth-order valence-corrected chi connectivity index (χ4v) is 2.73. The Balaban J connectivity index is 1.84. The fraction of sp³-hybridized carbons (Fsp3) is 0.929. The van der Waals surface area contributed by atoms with E-state index in [2.05, 4.69) is 4.90 Å². The minimum absolute atomic E-state index is 0.266. The zero-order chi connectivity index (χ0) is 12.8. The van der Waals surface area contributed by atoms with Crippen LogP contribution in [0, 0.1) is 0 Å². The van der Waals surface area contributed by atoms with E-state index >= 15 is 0 Å². The van der Waals surface area contributed by atoms with Gasteiger partial charge in [0.15, 0.2) is 0 Å². The summed E-state index contributed by atoms with van der Waals surface area (Å²) in [6, 6.07) is 0. The van der Waals surface area contributed by atoms with Gasteiger partial charge in [-0.1, -0.05) is 6.42 Å². The Morgan fingerprint density at radius 3 is 2.56 bits per heavy atom. The van der Waals surface area contributed by atoms with E-state index in [0.717, 1.165) is 45.4 Å². The lowest BCUT2D eigenvalue weighted by atomic mass is 9.98. The van der Waals surface area contributed by atoms with E-state index in [4.69, 9.17) is 9.47 Å². The summed E-state index contributed by atoms with van der Waals surface area (Å²) in [6.45, 7) is 6.13. The van der Waals surface area contributed by atoms with Crippen LogP contribution < -0.4 is 0 Å². The molecule has 104 valence electrons. The standard InChI is InChI=1S/C14H25NO3/c1-14(11-16,15-7-3-2-4-8-15)12-18-13-5-9-17-10-6-13/h11,13H,2-10,12H2,1H3. The van der Waals surface area contributed by atoms with Crippen molar-refractivity contribution in [1.82, 2.24) is 4.90 Å². The Hall–Kier alpha value is -0.450. The molecule has 0 saturated carbocycles. The molecule has 1 atom stereocenters. The Kier molecular flexibility index (Phi) is 5.15. The van der Waals surface area contributed by atoms with Crippen molar-refractivity contribution in [3.63, 3.8) is 0 Å². The molecule has 4 heteroatoms. The minimum atomic E-state index is -0.446. The van der Waals surface area contributed by atoms with Gasteiger partial charge in [0.2, 0.25) is 0 Å². The second-order valence-electron chi connectivity index (χ2n) is 5.65. The second-order valence-corrected chi connectivity index (χ2v) is 5.65. The van der Waals surface area contributed by atoms with Crippen LogP contribution in [0.1, 0.15) is 39.0 Å². The molecule has 2 aliphatic heterocycles. The molecule has 0 radical (unpaired) electrons. The number of likely N-dealkylation sites (tertiary alicyclic amines) is 1. The fourth-order valence-electron chi connectivity index (χ4n) is 2.73. The highest BCUT2D eigenvalue weighted by molar-refractivity contribution is 5.63. The number of hydrogen-bond donors (Lipinski definition) is 0. The summed E-state index contributed by atoms with van der Waals surface area (Å²) in [6.07, 6.45) is 6.91. The third-order valence-corrected chi connectivity index (χ3v) is 4.11. The molecule has 4 nitrogen and oxygen atoms in total. The van der Waals surface area contributed by atoms with Gasteiger partial charge < -0.3 is 14.3 Å². The monoisotopic (exact) mass is 255 g/mol. The van der Waals surface area contributed by atoms with Crippen molar-refractivity contribution in [3.8, 4) is 0 Å². The van der Waals surface area contributed by atoms with Crippen molar-refractivity contribution in [2.45, 2.75) is 50.7 Å². The van der Waals surface area contributed by atoms with Crippen molar-refractivity contribution in [1.29, 1.82) is 0 Å². The average Bonchev–Trinajstić information content (AvgIpc) is 2.47. The highest BCUT2D eigenvalue weighted by atomic mass is 16.5. The molecule has 18 heavy (non-hydrogen) atoms. The molecule has 0 N–H and O–H groups in total. The molecule has 0 bridgehead atoms. The maximum Gasteiger partial charge on any atom is 0.142 e. The summed E-state index contributed by atoms with van der Waals surface area (Å²) >= 11 is 0. The molecule has 0 aromatic carbocycles. The number of aldehydes is 1. The summed E-state index contributed by atoms with van der Waals surface area (Å²) in [5.41, 5.74) is -0.446. The van der Waals surface area contributed by atoms with E-state index in [1.807, 2.05) is 6.92 Å². The van der Waals surface area contributed by atoms with Gasteiger partial charge in [-0.25, -0.2) is 0 Å². The average molecular weight is 255 g/mol. The number of rotatable bonds is 5. The van der Waals surface area contributed by atoms with Crippen molar-refractivity contribution in [2.75, 3.05) is 32.9 Å². The quantitative estimate of drug-likeness (QED) is 0.700. The third-order valence-electron chi connectivity index (χ3n) is 4.11. The van der Waals surface area contributed by atoms with E-state index in [-0.39, 0.29) is 6.10 Å². The minimum Gasteiger partial charge on any atom is -0.381 e. The predicted octanol–water partition coefficient (Wildman–Crippen LogP) is 1.63. The van der Waals surface area contributed by atoms with Gasteiger partial charge in [-0.3, -0.25) is 4.90 Å². The van der Waals surface area contributed by atoms with E-state index in [1.165, 1.54) is 19.3 Å². The highest BCUT2D eigenvalue weighted by Gasteiger charge is 2.33. The molecule has 2 heterocycles. The van der Waals surface area contributed by atoms with Crippen molar-refractivity contribution in [3.05, 3.63) is 0 Å². The van der Waals surface area contributed by atoms with Gasteiger partial charge in [-0.05, 0) is 45.7 Å². The van der Waals surface area contributed by atoms with Crippen molar-refractivity contribution in [2.24, 2.45) is 0 Å². The van der Waals surface area contributed by atoms with Crippen LogP contribution >= 0.6 is 0 Å². The summed E-state index contributed by atoms with van der Waals surface area (Å²) < 4.78 is 11.3. The molecule has 0 amide bonds. The van der Waals surface area contributed by atoms with Crippen LogP contribution in [0.4, 0.5) is 0 Å². The third kappa shape index (κ3) is 3.53. The normalized spacial score (nSPS) is 26.7. The lowest BCUT2D eigenvalue weighted by molar-refractivity contribution is -0.127. The van der Waals surface area contributed by atoms with Gasteiger partial charge in [-0.2, -0.15) is 0 Å². The van der Waals surface area contributed by atoms with Crippen LogP contribution in [0.15, 0.2) is 0 Å². The molecule has 0 aliphatic carbocycles. The number of nitrogens with zero attached hydrogens (tertiary/aromatic N) is 1. The Labute approximate surface area is 110 Å². The summed E-state index contributed by atoms with van der Waals surface area (Å²) in [5, 5.41) is 0. The van der Waals surface area contributed by atoms with Gasteiger partial charge >= 0.3 is 0 Å². The zero-order valence-electron chi connectivity index (χ0n) is 11.4. The first kappa shape index (κ1) is 14.0. The smallest absolute Gasteiger partial charge is 0.142 e. The number of piperidine rings is 1. The zero-order valence-corrected chi connectivity index (χ0v) is 11.4. The molecule has 0 spiro atoms. The maximum absolute atomic E-state index is 11.5. The molecule has 0 aromatic rings. The Morgan fingerprint density at radius 1 is 1.28 bits per heavy atom. The summed E-state index contributed by atoms with van der Waals surface area (Å²) in [5.74, 6) is 0. The molecule has 2 aliphatic rings. The molecule has 1 unspecified atom stereocenters. The Bertz CT molecular complexity index is 260. The van der Waals surface area contributed by atoms with E-state index in [1.54, 1.807) is 0 Å². The number of carbonyl (C=O) groups is 1. The summed E-state index contributed by atoms with van der Waals surface area (Å²) in [4.78, 5) is 13.7.